The molecule has 2 N–H and O–H groups in total. The molecule has 0 spiro atoms. The van der Waals surface area contributed by atoms with Crippen molar-refractivity contribution < 1.29 is 9.21 Å². The van der Waals surface area contributed by atoms with Crippen molar-refractivity contribution in [3.63, 3.8) is 0 Å². The summed E-state index contributed by atoms with van der Waals surface area (Å²) in [5, 5.41) is 9.13. The quantitative estimate of drug-likeness (QED) is 0.766. The van der Waals surface area contributed by atoms with E-state index in [4.69, 9.17) is 4.42 Å². The molecule has 3 rings (SSSR count). The summed E-state index contributed by atoms with van der Waals surface area (Å²) in [4.78, 5) is 12.4. The maximum Gasteiger partial charge on any atom is 0.287 e. The van der Waals surface area contributed by atoms with Crippen molar-refractivity contribution in [2.45, 2.75) is 19.9 Å². The molecule has 23 heavy (non-hydrogen) atoms. The van der Waals surface area contributed by atoms with Crippen molar-refractivity contribution in [3.05, 3.63) is 47.7 Å². The third-order valence-electron chi connectivity index (χ3n) is 4.10. The van der Waals surface area contributed by atoms with E-state index in [-0.39, 0.29) is 24.4 Å². The first-order valence-corrected chi connectivity index (χ1v) is 7.48. The molecule has 0 fully saturated rings. The molecule has 1 aromatic heterocycles. The van der Waals surface area contributed by atoms with Crippen LogP contribution >= 0.6 is 12.4 Å². The maximum absolute atomic E-state index is 12.4. The molecule has 1 amide bonds. The van der Waals surface area contributed by atoms with Crippen LogP contribution < -0.4 is 10.6 Å². The lowest BCUT2D eigenvalue weighted by Gasteiger charge is -2.10. The van der Waals surface area contributed by atoms with Crippen LogP contribution in [0, 0.1) is 6.92 Å². The largest absolute Gasteiger partial charge is 0.450 e. The Balaban J connectivity index is 0.00000192. The molecule has 1 unspecified atom stereocenters. The minimum atomic E-state index is -0.167. The van der Waals surface area contributed by atoms with Gasteiger partial charge in [-0.25, -0.2) is 0 Å². The minimum Gasteiger partial charge on any atom is -0.450 e. The molecule has 5 heteroatoms. The van der Waals surface area contributed by atoms with E-state index in [0.29, 0.717) is 12.3 Å². The Kier molecular flexibility index (Phi) is 5.29. The Morgan fingerprint density at radius 2 is 1.91 bits per heavy atom. The first-order chi connectivity index (χ1) is 10.6. The lowest BCUT2D eigenvalue weighted by molar-refractivity contribution is 0.0924. The number of likely N-dealkylation sites (N-methyl/N-ethyl adjacent to an activating group) is 1. The van der Waals surface area contributed by atoms with Crippen molar-refractivity contribution in [1.29, 1.82) is 0 Å². The van der Waals surface area contributed by atoms with Gasteiger partial charge >= 0.3 is 0 Å². The third kappa shape index (κ3) is 3.19. The number of hydrogen-bond acceptors (Lipinski definition) is 3. The van der Waals surface area contributed by atoms with Crippen LogP contribution in [0.3, 0.4) is 0 Å². The Labute approximate surface area is 141 Å². The topological polar surface area (TPSA) is 54.3 Å². The zero-order valence-electron chi connectivity index (χ0n) is 13.5. The molecular formula is C18H21ClN2O2. The summed E-state index contributed by atoms with van der Waals surface area (Å²) in [5.74, 6) is 0.231. The highest BCUT2D eigenvalue weighted by atomic mass is 35.5. The van der Waals surface area contributed by atoms with Crippen molar-refractivity contribution in [2.75, 3.05) is 13.6 Å². The van der Waals surface area contributed by atoms with Gasteiger partial charge < -0.3 is 15.1 Å². The fourth-order valence-corrected chi connectivity index (χ4v) is 2.59. The minimum absolute atomic E-state index is 0. The summed E-state index contributed by atoms with van der Waals surface area (Å²) in [5.41, 5.74) is 1.66. The number of fused-ring (bicyclic) bond motifs is 3. The molecule has 3 aromatic rings. The molecule has 0 radical (unpaired) electrons. The number of halogens is 1. The van der Waals surface area contributed by atoms with Crippen LogP contribution in [0.5, 0.6) is 0 Å². The number of carbonyl (C=O) groups excluding carboxylic acids is 1. The van der Waals surface area contributed by atoms with Crippen molar-refractivity contribution in [1.82, 2.24) is 10.6 Å². The van der Waals surface area contributed by atoms with E-state index in [1.54, 1.807) is 0 Å². The summed E-state index contributed by atoms with van der Waals surface area (Å²) in [6.07, 6.45) is 0. The molecule has 1 atom stereocenters. The van der Waals surface area contributed by atoms with Crippen LogP contribution in [0.25, 0.3) is 21.7 Å². The maximum atomic E-state index is 12.4. The zero-order valence-corrected chi connectivity index (χ0v) is 14.3. The monoisotopic (exact) mass is 332 g/mol. The van der Waals surface area contributed by atoms with E-state index in [1.165, 1.54) is 0 Å². The molecule has 0 aliphatic carbocycles. The lowest BCUT2D eigenvalue weighted by atomic mass is 10.1. The molecule has 1 heterocycles. The Morgan fingerprint density at radius 1 is 1.17 bits per heavy atom. The number of furan rings is 1. The van der Waals surface area contributed by atoms with E-state index in [9.17, 15) is 4.79 Å². The number of rotatable bonds is 4. The standard InChI is InChI=1S/C18H20N2O2.ClH/c1-11(19-3)10-20-18(21)16-12(2)14-9-8-13-6-4-5-7-15(13)17(14)22-16;/h4-9,11,19H,10H2,1-3H3,(H,20,21);1H. The number of nitrogens with one attached hydrogen (secondary N) is 2. The Morgan fingerprint density at radius 3 is 2.65 bits per heavy atom. The molecule has 0 saturated heterocycles. The van der Waals surface area contributed by atoms with Gasteiger partial charge in [-0.1, -0.05) is 36.4 Å². The molecular weight excluding hydrogens is 312 g/mol. The second kappa shape index (κ2) is 7.02. The van der Waals surface area contributed by atoms with Crippen LogP contribution in [0.4, 0.5) is 0 Å². The predicted octanol–water partition coefficient (Wildman–Crippen LogP) is 3.65. The molecule has 4 nitrogen and oxygen atoms in total. The second-order valence-electron chi connectivity index (χ2n) is 5.62. The third-order valence-corrected chi connectivity index (χ3v) is 4.10. The number of amides is 1. The van der Waals surface area contributed by atoms with E-state index in [0.717, 1.165) is 27.3 Å². The fourth-order valence-electron chi connectivity index (χ4n) is 2.59. The number of carbonyl (C=O) groups is 1. The zero-order chi connectivity index (χ0) is 15.7. The van der Waals surface area contributed by atoms with Crippen molar-refractivity contribution in [3.8, 4) is 0 Å². The molecule has 0 aliphatic heterocycles. The van der Waals surface area contributed by atoms with Crippen LogP contribution in [-0.4, -0.2) is 25.5 Å². The summed E-state index contributed by atoms with van der Waals surface area (Å²) in [7, 11) is 1.87. The molecule has 0 saturated carbocycles. The van der Waals surface area contributed by atoms with Crippen LogP contribution in [-0.2, 0) is 0 Å². The summed E-state index contributed by atoms with van der Waals surface area (Å²) >= 11 is 0. The van der Waals surface area contributed by atoms with E-state index < -0.39 is 0 Å². The van der Waals surface area contributed by atoms with E-state index in [2.05, 4.69) is 16.7 Å². The van der Waals surface area contributed by atoms with E-state index in [1.807, 2.05) is 51.2 Å². The van der Waals surface area contributed by atoms with Gasteiger partial charge in [-0.15, -0.1) is 12.4 Å². The van der Waals surface area contributed by atoms with Crippen molar-refractivity contribution >= 4 is 40.1 Å². The average Bonchev–Trinajstić information content (AvgIpc) is 2.89. The SMILES string of the molecule is CNC(C)CNC(=O)c1oc2c(ccc3ccccc32)c1C.Cl. The van der Waals surface area contributed by atoms with E-state index >= 15 is 0 Å². The van der Waals surface area contributed by atoms with Gasteiger partial charge in [-0.2, -0.15) is 0 Å². The summed E-state index contributed by atoms with van der Waals surface area (Å²) in [6, 6.07) is 12.3. The van der Waals surface area contributed by atoms with Crippen LogP contribution in [0.1, 0.15) is 23.0 Å². The van der Waals surface area contributed by atoms with Gasteiger partial charge in [0.15, 0.2) is 5.76 Å². The van der Waals surface area contributed by atoms with Crippen LogP contribution in [0.15, 0.2) is 40.8 Å². The highest BCUT2D eigenvalue weighted by Crippen LogP contribution is 2.31. The normalized spacial score (nSPS) is 12.1. The number of benzene rings is 2. The van der Waals surface area contributed by atoms with Crippen molar-refractivity contribution in [2.24, 2.45) is 0 Å². The second-order valence-corrected chi connectivity index (χ2v) is 5.62. The highest BCUT2D eigenvalue weighted by molar-refractivity contribution is 6.08. The fraction of sp³-hybridized carbons (Fsp3) is 0.278. The van der Waals surface area contributed by atoms with Crippen LogP contribution in [0.2, 0.25) is 0 Å². The summed E-state index contributed by atoms with van der Waals surface area (Å²) < 4.78 is 5.91. The number of aryl methyl sites for hydroxylation is 1. The molecule has 2 aromatic carbocycles. The smallest absolute Gasteiger partial charge is 0.287 e. The average molecular weight is 333 g/mol. The highest BCUT2D eigenvalue weighted by Gasteiger charge is 2.19. The van der Waals surface area contributed by atoms with Gasteiger partial charge in [-0.05, 0) is 26.3 Å². The van der Waals surface area contributed by atoms with Gasteiger partial charge in [0.05, 0.1) is 0 Å². The molecule has 122 valence electrons. The first kappa shape index (κ1) is 17.3. The van der Waals surface area contributed by atoms with Gasteiger partial charge in [0.2, 0.25) is 0 Å². The van der Waals surface area contributed by atoms with Gasteiger partial charge in [-0.3, -0.25) is 4.79 Å². The predicted molar refractivity (Wildman–Crippen MR) is 96.6 cm³/mol. The molecule has 0 aliphatic rings. The number of hydrogen-bond donors (Lipinski definition) is 2. The van der Waals surface area contributed by atoms with Gasteiger partial charge in [0.25, 0.3) is 5.91 Å². The Hall–Kier alpha value is -2.04. The summed E-state index contributed by atoms with van der Waals surface area (Å²) in [6.45, 7) is 4.50. The lowest BCUT2D eigenvalue weighted by Crippen LogP contribution is -2.37. The Bertz CT molecular complexity index is 842. The van der Waals surface area contributed by atoms with Gasteiger partial charge in [0, 0.05) is 28.9 Å². The van der Waals surface area contributed by atoms with Gasteiger partial charge in [0.1, 0.15) is 5.58 Å². The first-order valence-electron chi connectivity index (χ1n) is 7.48. The molecule has 0 bridgehead atoms.